The van der Waals surface area contributed by atoms with E-state index in [1.807, 2.05) is 12.1 Å². The first-order valence-corrected chi connectivity index (χ1v) is 16.7. The third kappa shape index (κ3) is 4.28. The quantitative estimate of drug-likeness (QED) is 0.376. The molecule has 6 atom stereocenters. The highest BCUT2D eigenvalue weighted by Crippen LogP contribution is 2.60. The largest absolute Gasteiger partial charge is 0.508 e. The molecule has 2 fully saturated rings. The first kappa shape index (κ1) is 26.9. The van der Waals surface area contributed by atoms with Crippen molar-refractivity contribution in [2.75, 3.05) is 32.7 Å². The van der Waals surface area contributed by atoms with E-state index in [-0.39, 0.29) is 11.5 Å². The van der Waals surface area contributed by atoms with Crippen LogP contribution in [0.1, 0.15) is 75.5 Å². The first-order chi connectivity index (χ1) is 20.6. The maximum absolute atomic E-state index is 13.1. The summed E-state index contributed by atoms with van der Waals surface area (Å²) in [5.74, 6) is 0.674. The highest BCUT2D eigenvalue weighted by atomic mass is 16.3. The Morgan fingerprint density at radius 1 is 0.976 bits per heavy atom. The highest BCUT2D eigenvalue weighted by Gasteiger charge is 2.66. The number of aliphatic imine (C=N–C) groups is 1. The van der Waals surface area contributed by atoms with Gasteiger partial charge in [0.1, 0.15) is 5.75 Å². The van der Waals surface area contributed by atoms with Gasteiger partial charge in [0.15, 0.2) is 0 Å². The Hall–Kier alpha value is -2.67. The second-order valence-corrected chi connectivity index (χ2v) is 14.0. The molecule has 5 aliphatic heterocycles. The molecule has 1 unspecified atom stereocenters. The molecule has 3 bridgehead atoms. The lowest BCUT2D eigenvalue weighted by atomic mass is 9.54. The van der Waals surface area contributed by atoms with Crippen LogP contribution in [0.15, 0.2) is 59.1 Å². The normalized spacial score (nSPS) is 37.6. The van der Waals surface area contributed by atoms with Gasteiger partial charge in [-0.15, -0.1) is 0 Å². The molecular formula is C36H46N4O2. The Morgan fingerprint density at radius 2 is 1.83 bits per heavy atom. The standard InChI is InChI=1S/C36H46N4O2/c41-26-12-13-31-28(21-26)27-14-17-37-32(33(27)38-31)29-23-36(42)16-8-4-1-2-5-9-18-39-20-15-30(29)35(24-39)22-25-11-7-3-6-10-19-40(25)34(35)36/h1,4,7,11-13,21,23,25,30,34,38,41-42H,2-3,5-6,8-10,14-20,22,24H2/b4-1+,11-7?/t25-,30-,34+,35-,36-/m0/s1. The van der Waals surface area contributed by atoms with Crippen molar-refractivity contribution in [3.63, 3.8) is 0 Å². The molecule has 2 saturated heterocycles. The SMILES string of the molecule is Oc1ccc2[nH]c3c(c2c1)CCN=C3C1=C[C@@]2(O)CC/C=C/CCCCN3CC[C@@H]1[C@]1(C[C@@H]4C=CCCCCN4[C@H]12)C3. The van der Waals surface area contributed by atoms with Crippen molar-refractivity contribution in [2.45, 2.75) is 88.3 Å². The second kappa shape index (κ2) is 10.5. The summed E-state index contributed by atoms with van der Waals surface area (Å²) >= 11 is 0. The smallest absolute Gasteiger partial charge is 0.116 e. The van der Waals surface area contributed by atoms with Gasteiger partial charge in [-0.2, -0.15) is 0 Å². The van der Waals surface area contributed by atoms with Gasteiger partial charge in [-0.1, -0.05) is 24.3 Å². The minimum absolute atomic E-state index is 0.0153. The number of aliphatic hydroxyl groups is 1. The summed E-state index contributed by atoms with van der Waals surface area (Å²) in [6, 6.07) is 6.16. The molecule has 1 aliphatic carbocycles. The van der Waals surface area contributed by atoms with Crippen molar-refractivity contribution in [1.82, 2.24) is 14.8 Å². The van der Waals surface area contributed by atoms with Gasteiger partial charge in [0.05, 0.1) is 23.0 Å². The number of aromatic amines is 1. The molecule has 3 N–H and O–H groups in total. The Bertz CT molecular complexity index is 1480. The molecule has 1 aromatic heterocycles. The average molecular weight is 567 g/mol. The Balaban J connectivity index is 1.31. The molecular weight excluding hydrogens is 520 g/mol. The Labute approximate surface area is 249 Å². The number of hydrogen-bond donors (Lipinski definition) is 3. The van der Waals surface area contributed by atoms with E-state index in [2.05, 4.69) is 45.2 Å². The maximum atomic E-state index is 13.1. The van der Waals surface area contributed by atoms with E-state index < -0.39 is 5.60 Å². The van der Waals surface area contributed by atoms with E-state index >= 15 is 0 Å². The van der Waals surface area contributed by atoms with Gasteiger partial charge < -0.3 is 20.1 Å². The molecule has 0 radical (unpaired) electrons. The van der Waals surface area contributed by atoms with Crippen LogP contribution in [0.3, 0.4) is 0 Å². The molecule has 6 heterocycles. The number of piperidine rings is 1. The first-order valence-electron chi connectivity index (χ1n) is 16.7. The number of benzene rings is 1. The number of aromatic nitrogens is 1. The van der Waals surface area contributed by atoms with Crippen molar-refractivity contribution in [3.05, 3.63) is 65.4 Å². The zero-order chi connectivity index (χ0) is 28.3. The third-order valence-electron chi connectivity index (χ3n) is 11.5. The fourth-order valence-electron chi connectivity index (χ4n) is 9.88. The minimum atomic E-state index is -0.917. The molecule has 6 nitrogen and oxygen atoms in total. The van der Waals surface area contributed by atoms with Gasteiger partial charge in [0, 0.05) is 35.4 Å². The number of phenols is 1. The number of fused-ring (bicyclic) bond motifs is 5. The van der Waals surface area contributed by atoms with Crippen LogP contribution in [-0.2, 0) is 6.42 Å². The number of nitrogens with one attached hydrogen (secondary N) is 1. The number of allylic oxidation sites excluding steroid dienone is 4. The summed E-state index contributed by atoms with van der Waals surface area (Å²) < 4.78 is 0. The number of H-pyrrole nitrogens is 1. The zero-order valence-corrected chi connectivity index (χ0v) is 24.9. The van der Waals surface area contributed by atoms with E-state index in [0.29, 0.717) is 17.7 Å². The molecule has 6 heteroatoms. The van der Waals surface area contributed by atoms with Crippen LogP contribution in [0.5, 0.6) is 5.75 Å². The van der Waals surface area contributed by atoms with Crippen LogP contribution in [-0.4, -0.2) is 81.1 Å². The minimum Gasteiger partial charge on any atom is -0.508 e. The number of hydrogen-bond acceptors (Lipinski definition) is 5. The molecule has 222 valence electrons. The summed E-state index contributed by atoms with van der Waals surface area (Å²) in [4.78, 5) is 14.5. The average Bonchev–Trinajstić information content (AvgIpc) is 3.48. The topological polar surface area (TPSA) is 75.1 Å². The van der Waals surface area contributed by atoms with Crippen molar-refractivity contribution in [1.29, 1.82) is 0 Å². The lowest BCUT2D eigenvalue weighted by Gasteiger charge is -2.58. The van der Waals surface area contributed by atoms with Crippen molar-refractivity contribution in [3.8, 4) is 5.75 Å². The van der Waals surface area contributed by atoms with Crippen molar-refractivity contribution >= 4 is 16.6 Å². The summed E-state index contributed by atoms with van der Waals surface area (Å²) in [7, 11) is 0. The lowest BCUT2D eigenvalue weighted by molar-refractivity contribution is -0.0948. The number of aromatic hydroxyl groups is 1. The van der Waals surface area contributed by atoms with Gasteiger partial charge in [-0.05, 0) is 132 Å². The van der Waals surface area contributed by atoms with Gasteiger partial charge in [-0.3, -0.25) is 9.89 Å². The van der Waals surface area contributed by atoms with E-state index in [4.69, 9.17) is 4.99 Å². The van der Waals surface area contributed by atoms with E-state index in [9.17, 15) is 10.2 Å². The Kier molecular flexibility index (Phi) is 6.73. The fourth-order valence-corrected chi connectivity index (χ4v) is 9.88. The van der Waals surface area contributed by atoms with E-state index in [1.54, 1.807) is 6.07 Å². The summed E-state index contributed by atoms with van der Waals surface area (Å²) in [6.07, 6.45) is 23.9. The maximum Gasteiger partial charge on any atom is 0.116 e. The molecule has 1 aromatic carbocycles. The molecule has 42 heavy (non-hydrogen) atoms. The van der Waals surface area contributed by atoms with Gasteiger partial charge >= 0.3 is 0 Å². The van der Waals surface area contributed by atoms with Gasteiger partial charge in [0.25, 0.3) is 0 Å². The molecule has 1 spiro atoms. The van der Waals surface area contributed by atoms with E-state index in [1.165, 1.54) is 43.2 Å². The molecule has 0 saturated carbocycles. The highest BCUT2D eigenvalue weighted by molar-refractivity contribution is 6.16. The van der Waals surface area contributed by atoms with Crippen LogP contribution in [0.25, 0.3) is 10.9 Å². The predicted molar refractivity (Wildman–Crippen MR) is 169 cm³/mol. The second-order valence-electron chi connectivity index (χ2n) is 14.0. The van der Waals surface area contributed by atoms with Crippen LogP contribution in [0, 0.1) is 11.3 Å². The van der Waals surface area contributed by atoms with Crippen LogP contribution >= 0.6 is 0 Å². The summed E-state index contributed by atoms with van der Waals surface area (Å²) in [5, 5.41) is 24.5. The fraction of sp³-hybridized carbons (Fsp3) is 0.583. The lowest BCUT2D eigenvalue weighted by Crippen LogP contribution is -2.66. The molecule has 2 aromatic rings. The Morgan fingerprint density at radius 3 is 2.76 bits per heavy atom. The van der Waals surface area contributed by atoms with Gasteiger partial charge in [0.2, 0.25) is 0 Å². The number of phenolic OH excluding ortho intramolecular Hbond substituents is 1. The van der Waals surface area contributed by atoms with E-state index in [0.717, 1.165) is 93.6 Å². The zero-order valence-electron chi connectivity index (χ0n) is 24.9. The molecule has 6 aliphatic rings. The third-order valence-corrected chi connectivity index (χ3v) is 11.5. The predicted octanol–water partition coefficient (Wildman–Crippen LogP) is 5.90. The summed E-state index contributed by atoms with van der Waals surface area (Å²) in [6.45, 7) is 5.16. The monoisotopic (exact) mass is 566 g/mol. The molecule has 0 amide bonds. The van der Waals surface area contributed by atoms with Crippen LogP contribution < -0.4 is 0 Å². The van der Waals surface area contributed by atoms with Crippen LogP contribution in [0.2, 0.25) is 0 Å². The number of rotatable bonds is 1. The van der Waals surface area contributed by atoms with Crippen molar-refractivity contribution < 1.29 is 10.2 Å². The summed E-state index contributed by atoms with van der Waals surface area (Å²) in [5.41, 5.74) is 4.84. The number of nitrogens with zero attached hydrogens (tertiary/aromatic N) is 3. The van der Waals surface area contributed by atoms with Crippen LogP contribution in [0.4, 0.5) is 0 Å². The van der Waals surface area contributed by atoms with Gasteiger partial charge in [-0.25, -0.2) is 0 Å². The molecule has 8 rings (SSSR count). The van der Waals surface area contributed by atoms with Crippen molar-refractivity contribution in [2.24, 2.45) is 16.3 Å².